The van der Waals surface area contributed by atoms with E-state index in [-0.39, 0.29) is 6.61 Å². The molecule has 2 amide bonds. The van der Waals surface area contributed by atoms with E-state index >= 15 is 0 Å². The van der Waals surface area contributed by atoms with Gasteiger partial charge in [0.1, 0.15) is 12.6 Å². The number of nitrogens with one attached hydrogen (secondary N) is 2. The van der Waals surface area contributed by atoms with Crippen LogP contribution in [-0.4, -0.2) is 36.4 Å². The Labute approximate surface area is 116 Å². The van der Waals surface area contributed by atoms with Crippen molar-refractivity contribution in [1.82, 2.24) is 10.8 Å². The summed E-state index contributed by atoms with van der Waals surface area (Å²) in [6.07, 6.45) is -1.89. The maximum atomic E-state index is 11.6. The van der Waals surface area contributed by atoms with Gasteiger partial charge >= 0.3 is 6.09 Å². The fourth-order valence-electron chi connectivity index (χ4n) is 1.46. The van der Waals surface area contributed by atoms with Crippen LogP contribution in [-0.2, 0) is 21.0 Å². The number of benzene rings is 1. The molecular weight excluding hydrogens is 264 g/mol. The van der Waals surface area contributed by atoms with Crippen molar-refractivity contribution in [3.05, 3.63) is 35.9 Å². The average molecular weight is 282 g/mol. The second-order valence-corrected chi connectivity index (χ2v) is 4.09. The highest BCUT2D eigenvalue weighted by Gasteiger charge is 2.26. The smallest absolute Gasteiger partial charge is 0.408 e. The molecule has 0 aliphatic carbocycles. The summed E-state index contributed by atoms with van der Waals surface area (Å²) in [6, 6.07) is 7.94. The molecule has 0 unspecified atom stereocenters. The number of carbonyl (C=O) groups is 2. The van der Waals surface area contributed by atoms with Crippen LogP contribution in [0.1, 0.15) is 12.5 Å². The van der Waals surface area contributed by atoms with Gasteiger partial charge in [0, 0.05) is 0 Å². The molecule has 0 aliphatic rings. The maximum Gasteiger partial charge on any atom is 0.408 e. The molecular formula is C13H18N2O5. The third-order valence-electron chi connectivity index (χ3n) is 2.45. The van der Waals surface area contributed by atoms with Crippen LogP contribution in [0.2, 0.25) is 0 Å². The molecule has 110 valence electrons. The standard InChI is InChI=1S/C13H18N2O5/c1-9(16)11(12(17)15-19-2)14-13(18)20-8-10-6-4-3-5-7-10/h3-7,9,11,16H,8H2,1-2H3,(H,14,18)(H,15,17)/t9-,11-/m1/s1. The van der Waals surface area contributed by atoms with Gasteiger partial charge in [-0.3, -0.25) is 9.63 Å². The molecule has 0 heterocycles. The molecule has 3 N–H and O–H groups in total. The van der Waals surface area contributed by atoms with Crippen LogP contribution in [0.25, 0.3) is 0 Å². The van der Waals surface area contributed by atoms with Gasteiger partial charge in [0.05, 0.1) is 13.2 Å². The molecule has 0 saturated heterocycles. The SMILES string of the molecule is CONC(=O)[C@H](NC(=O)OCc1ccccc1)[C@@H](C)O. The molecule has 7 heteroatoms. The van der Waals surface area contributed by atoms with Gasteiger partial charge in [-0.05, 0) is 12.5 Å². The van der Waals surface area contributed by atoms with Gasteiger partial charge in [0.25, 0.3) is 5.91 Å². The van der Waals surface area contributed by atoms with Crippen LogP contribution >= 0.6 is 0 Å². The number of aliphatic hydroxyl groups excluding tert-OH is 1. The summed E-state index contributed by atoms with van der Waals surface area (Å²) in [4.78, 5) is 27.5. The van der Waals surface area contributed by atoms with Gasteiger partial charge in [-0.2, -0.15) is 0 Å². The quantitative estimate of drug-likeness (QED) is 0.654. The van der Waals surface area contributed by atoms with E-state index in [2.05, 4.69) is 10.2 Å². The lowest BCUT2D eigenvalue weighted by Crippen LogP contribution is -2.52. The summed E-state index contributed by atoms with van der Waals surface area (Å²) < 4.78 is 4.96. The molecule has 0 aliphatic heterocycles. The van der Waals surface area contributed by atoms with Crippen molar-refractivity contribution in [2.75, 3.05) is 7.11 Å². The summed E-state index contributed by atoms with van der Waals surface area (Å²) in [5.41, 5.74) is 2.85. The fraction of sp³-hybridized carbons (Fsp3) is 0.385. The first-order valence-electron chi connectivity index (χ1n) is 6.02. The molecule has 0 fully saturated rings. The summed E-state index contributed by atoms with van der Waals surface area (Å²) >= 11 is 0. The van der Waals surface area contributed by atoms with Gasteiger partial charge < -0.3 is 15.2 Å². The zero-order valence-corrected chi connectivity index (χ0v) is 11.3. The highest BCUT2D eigenvalue weighted by atomic mass is 16.6. The van der Waals surface area contributed by atoms with Gasteiger partial charge in [-0.25, -0.2) is 10.3 Å². The van der Waals surface area contributed by atoms with Crippen LogP contribution in [0, 0.1) is 0 Å². The first-order chi connectivity index (χ1) is 9.54. The van der Waals surface area contributed by atoms with E-state index in [9.17, 15) is 14.7 Å². The van der Waals surface area contributed by atoms with Crippen LogP contribution in [0.15, 0.2) is 30.3 Å². The van der Waals surface area contributed by atoms with Crippen molar-refractivity contribution in [3.63, 3.8) is 0 Å². The number of rotatable bonds is 6. The summed E-state index contributed by atoms with van der Waals surface area (Å²) in [7, 11) is 1.25. The summed E-state index contributed by atoms with van der Waals surface area (Å²) in [5.74, 6) is -0.667. The predicted octanol–water partition coefficient (Wildman–Crippen LogP) is 0.340. The monoisotopic (exact) mass is 282 g/mol. The average Bonchev–Trinajstić information content (AvgIpc) is 2.43. The van der Waals surface area contributed by atoms with E-state index in [1.165, 1.54) is 14.0 Å². The lowest BCUT2D eigenvalue weighted by Gasteiger charge is -2.19. The molecule has 1 aromatic rings. The third kappa shape index (κ3) is 5.25. The zero-order valence-electron chi connectivity index (χ0n) is 11.3. The highest BCUT2D eigenvalue weighted by Crippen LogP contribution is 2.01. The Hall–Kier alpha value is -2.12. The van der Waals surface area contributed by atoms with Crippen molar-refractivity contribution >= 4 is 12.0 Å². The molecule has 1 rings (SSSR count). The van der Waals surface area contributed by atoms with Crippen LogP contribution in [0.4, 0.5) is 4.79 Å². The van der Waals surface area contributed by atoms with Crippen molar-refractivity contribution in [2.24, 2.45) is 0 Å². The molecule has 0 radical (unpaired) electrons. The Balaban J connectivity index is 2.48. The first-order valence-corrected chi connectivity index (χ1v) is 6.02. The molecule has 0 spiro atoms. The van der Waals surface area contributed by atoms with Crippen LogP contribution in [0.3, 0.4) is 0 Å². The van der Waals surface area contributed by atoms with Crippen LogP contribution < -0.4 is 10.8 Å². The Morgan fingerprint density at radius 1 is 1.30 bits per heavy atom. The lowest BCUT2D eigenvalue weighted by molar-refractivity contribution is -0.135. The zero-order chi connectivity index (χ0) is 15.0. The first kappa shape index (κ1) is 15.9. The second kappa shape index (κ2) is 8.13. The number of alkyl carbamates (subject to hydrolysis) is 1. The Morgan fingerprint density at radius 3 is 2.50 bits per heavy atom. The normalized spacial score (nSPS) is 13.2. The third-order valence-corrected chi connectivity index (χ3v) is 2.45. The highest BCUT2D eigenvalue weighted by molar-refractivity contribution is 5.85. The molecule has 2 atom stereocenters. The topological polar surface area (TPSA) is 96.9 Å². The van der Waals surface area contributed by atoms with Crippen molar-refractivity contribution in [2.45, 2.75) is 25.7 Å². The summed E-state index contributed by atoms with van der Waals surface area (Å²) in [5, 5.41) is 11.7. The maximum absolute atomic E-state index is 11.6. The predicted molar refractivity (Wildman–Crippen MR) is 70.4 cm³/mol. The van der Waals surface area contributed by atoms with Gasteiger partial charge in [0.15, 0.2) is 0 Å². The minimum absolute atomic E-state index is 0.0745. The number of amides is 2. The minimum Gasteiger partial charge on any atom is -0.445 e. The Bertz CT molecular complexity index is 436. The number of hydrogen-bond donors (Lipinski definition) is 3. The number of carbonyl (C=O) groups excluding carboxylic acids is 2. The van der Waals surface area contributed by atoms with Crippen molar-refractivity contribution < 1.29 is 24.3 Å². The van der Waals surface area contributed by atoms with Crippen LogP contribution in [0.5, 0.6) is 0 Å². The molecule has 1 aromatic carbocycles. The van der Waals surface area contributed by atoms with Crippen molar-refractivity contribution in [3.8, 4) is 0 Å². The van der Waals surface area contributed by atoms with Gasteiger partial charge in [-0.15, -0.1) is 0 Å². The van der Waals surface area contributed by atoms with E-state index in [4.69, 9.17) is 4.74 Å². The number of hydrogen-bond acceptors (Lipinski definition) is 5. The number of aliphatic hydroxyl groups is 1. The molecule has 7 nitrogen and oxygen atoms in total. The fourth-order valence-corrected chi connectivity index (χ4v) is 1.46. The Kier molecular flexibility index (Phi) is 6.48. The van der Waals surface area contributed by atoms with E-state index in [1.54, 1.807) is 12.1 Å². The minimum atomic E-state index is -1.15. The van der Waals surface area contributed by atoms with E-state index in [0.29, 0.717) is 0 Å². The number of hydroxylamine groups is 1. The Morgan fingerprint density at radius 2 is 1.95 bits per heavy atom. The van der Waals surface area contributed by atoms with Gasteiger partial charge in [0.2, 0.25) is 0 Å². The van der Waals surface area contributed by atoms with Gasteiger partial charge in [-0.1, -0.05) is 30.3 Å². The van der Waals surface area contributed by atoms with Crippen molar-refractivity contribution in [1.29, 1.82) is 0 Å². The lowest BCUT2D eigenvalue weighted by atomic mass is 10.2. The van der Waals surface area contributed by atoms with E-state index in [1.807, 2.05) is 23.7 Å². The van der Waals surface area contributed by atoms with E-state index < -0.39 is 24.1 Å². The molecule has 20 heavy (non-hydrogen) atoms. The molecule has 0 bridgehead atoms. The van der Waals surface area contributed by atoms with E-state index in [0.717, 1.165) is 5.56 Å². The molecule has 0 saturated carbocycles. The summed E-state index contributed by atoms with van der Waals surface area (Å²) in [6.45, 7) is 1.45. The largest absolute Gasteiger partial charge is 0.445 e. The second-order valence-electron chi connectivity index (χ2n) is 4.09. The number of ether oxygens (including phenoxy) is 1. The molecule has 0 aromatic heterocycles.